The molecule has 1 amide bonds. The first kappa shape index (κ1) is 14.8. The summed E-state index contributed by atoms with van der Waals surface area (Å²) in [5, 5.41) is 0. The van der Waals surface area contributed by atoms with E-state index in [1.807, 2.05) is 6.92 Å². The van der Waals surface area contributed by atoms with Gasteiger partial charge in [-0.3, -0.25) is 4.79 Å². The Labute approximate surface area is 112 Å². The Morgan fingerprint density at radius 3 is 2.94 bits per heavy atom. The van der Waals surface area contributed by atoms with Gasteiger partial charge in [0.1, 0.15) is 6.61 Å². The van der Waals surface area contributed by atoms with Crippen LogP contribution in [-0.2, 0) is 9.53 Å². The summed E-state index contributed by atoms with van der Waals surface area (Å²) < 4.78 is 5.01. The molecule has 18 heavy (non-hydrogen) atoms. The lowest BCUT2D eigenvalue weighted by molar-refractivity contribution is -0.113. The van der Waals surface area contributed by atoms with Gasteiger partial charge in [0.25, 0.3) is 0 Å². The molecular formula is C13H18ClNO3. The highest BCUT2D eigenvalue weighted by atomic mass is 35.5. The van der Waals surface area contributed by atoms with E-state index in [9.17, 15) is 9.59 Å². The van der Waals surface area contributed by atoms with Crippen molar-refractivity contribution in [3.8, 4) is 0 Å². The third-order valence-corrected chi connectivity index (χ3v) is 3.18. The van der Waals surface area contributed by atoms with Gasteiger partial charge < -0.3 is 9.64 Å². The number of halogens is 1. The van der Waals surface area contributed by atoms with Crippen LogP contribution in [0.3, 0.4) is 0 Å². The molecule has 0 saturated carbocycles. The van der Waals surface area contributed by atoms with Gasteiger partial charge in [-0.05, 0) is 18.4 Å². The largest absolute Gasteiger partial charge is 0.445 e. The maximum Gasteiger partial charge on any atom is 0.410 e. The number of amides is 1. The van der Waals surface area contributed by atoms with Gasteiger partial charge in [-0.2, -0.15) is 0 Å². The van der Waals surface area contributed by atoms with Crippen molar-refractivity contribution in [2.24, 2.45) is 0 Å². The number of hydrogen-bond donors (Lipinski definition) is 0. The molecule has 0 aliphatic carbocycles. The minimum atomic E-state index is -0.365. The monoisotopic (exact) mass is 271 g/mol. The third kappa shape index (κ3) is 3.60. The van der Waals surface area contributed by atoms with E-state index in [1.54, 1.807) is 11.0 Å². The van der Waals surface area contributed by atoms with Crippen molar-refractivity contribution in [3.05, 3.63) is 24.3 Å². The summed E-state index contributed by atoms with van der Waals surface area (Å²) in [5.74, 6) is -0.0716. The number of alkyl halides is 1. The number of rotatable bonds is 5. The number of carbonyl (C=O) groups excluding carboxylic acids is 2. The summed E-state index contributed by atoms with van der Waals surface area (Å²) in [6.07, 6.45) is 4.24. The summed E-state index contributed by atoms with van der Waals surface area (Å²) >= 11 is 5.54. The second-order valence-electron chi connectivity index (χ2n) is 4.07. The van der Waals surface area contributed by atoms with Crippen LogP contribution in [0.5, 0.6) is 0 Å². The molecule has 1 aliphatic rings. The number of nitrogens with zero attached hydrogens (tertiary/aromatic N) is 1. The molecule has 0 radical (unpaired) electrons. The number of ether oxygens (including phenoxy) is 1. The molecule has 0 fully saturated rings. The molecule has 0 unspecified atom stereocenters. The Morgan fingerprint density at radius 1 is 1.67 bits per heavy atom. The van der Waals surface area contributed by atoms with Crippen LogP contribution >= 0.6 is 11.6 Å². The zero-order valence-corrected chi connectivity index (χ0v) is 11.3. The highest BCUT2D eigenvalue weighted by Gasteiger charge is 2.28. The van der Waals surface area contributed by atoms with E-state index in [1.165, 1.54) is 6.08 Å². The number of carbonyl (C=O) groups is 2. The van der Waals surface area contributed by atoms with Gasteiger partial charge in [-0.25, -0.2) is 4.79 Å². The summed E-state index contributed by atoms with van der Waals surface area (Å²) in [4.78, 5) is 25.0. The Kier molecular flexibility index (Phi) is 5.92. The van der Waals surface area contributed by atoms with Crippen molar-refractivity contribution in [3.63, 3.8) is 0 Å². The standard InChI is InChI=1S/C13H18ClNO3/c1-3-7-18-13(17)15-6-5-10(12(16)9-14)8-11(15)4-2/h3,5,11H,1,4,6-9H2,2H3/t11-/m1/s1. The van der Waals surface area contributed by atoms with Gasteiger partial charge in [-0.1, -0.05) is 25.7 Å². The van der Waals surface area contributed by atoms with Gasteiger partial charge in [0, 0.05) is 12.6 Å². The van der Waals surface area contributed by atoms with Gasteiger partial charge in [-0.15, -0.1) is 11.6 Å². The van der Waals surface area contributed by atoms with Crippen molar-refractivity contribution in [1.29, 1.82) is 0 Å². The fraction of sp³-hybridized carbons (Fsp3) is 0.538. The third-order valence-electron chi connectivity index (χ3n) is 2.94. The molecule has 0 N–H and O–H groups in total. The van der Waals surface area contributed by atoms with Crippen molar-refractivity contribution in [2.45, 2.75) is 25.8 Å². The topological polar surface area (TPSA) is 46.6 Å². The van der Waals surface area contributed by atoms with Crippen LogP contribution in [0.1, 0.15) is 19.8 Å². The van der Waals surface area contributed by atoms with Gasteiger partial charge in [0.2, 0.25) is 0 Å². The fourth-order valence-electron chi connectivity index (χ4n) is 1.92. The number of hydrogen-bond acceptors (Lipinski definition) is 3. The molecule has 1 rings (SSSR count). The SMILES string of the molecule is C=CCOC(=O)N1CC=C(C(=O)CCl)C[C@H]1CC. The van der Waals surface area contributed by atoms with Gasteiger partial charge in [0.15, 0.2) is 5.78 Å². The minimum absolute atomic E-state index is 0.00511. The molecule has 0 aromatic rings. The van der Waals surface area contributed by atoms with Crippen molar-refractivity contribution in [1.82, 2.24) is 4.90 Å². The lowest BCUT2D eigenvalue weighted by Crippen LogP contribution is -2.43. The first-order valence-corrected chi connectivity index (χ1v) is 6.49. The second-order valence-corrected chi connectivity index (χ2v) is 4.34. The second kappa shape index (κ2) is 7.21. The molecule has 100 valence electrons. The van der Waals surface area contributed by atoms with Crippen LogP contribution in [0, 0.1) is 0 Å². The molecule has 5 heteroatoms. The maximum atomic E-state index is 11.8. The number of ketones is 1. The van der Waals surface area contributed by atoms with E-state index < -0.39 is 0 Å². The van der Waals surface area contributed by atoms with E-state index in [2.05, 4.69) is 6.58 Å². The first-order valence-electron chi connectivity index (χ1n) is 5.96. The lowest BCUT2D eigenvalue weighted by atomic mass is 9.96. The van der Waals surface area contributed by atoms with E-state index in [0.717, 1.165) is 6.42 Å². The summed E-state index contributed by atoms with van der Waals surface area (Å²) in [7, 11) is 0. The summed E-state index contributed by atoms with van der Waals surface area (Å²) in [6.45, 7) is 6.07. The fourth-order valence-corrected chi connectivity index (χ4v) is 2.09. The highest BCUT2D eigenvalue weighted by Crippen LogP contribution is 2.22. The normalized spacial score (nSPS) is 19.1. The molecule has 0 aromatic carbocycles. The van der Waals surface area contributed by atoms with E-state index in [4.69, 9.17) is 16.3 Å². The molecular weight excluding hydrogens is 254 g/mol. The van der Waals surface area contributed by atoms with E-state index in [-0.39, 0.29) is 30.4 Å². The van der Waals surface area contributed by atoms with Crippen LogP contribution in [-0.4, -0.2) is 41.8 Å². The van der Waals surface area contributed by atoms with Crippen molar-refractivity contribution in [2.75, 3.05) is 19.0 Å². The zero-order valence-electron chi connectivity index (χ0n) is 10.5. The quantitative estimate of drug-likeness (QED) is 0.570. The maximum absolute atomic E-state index is 11.8. The smallest absolute Gasteiger partial charge is 0.410 e. The molecule has 1 aliphatic heterocycles. The lowest BCUT2D eigenvalue weighted by Gasteiger charge is -2.33. The van der Waals surface area contributed by atoms with E-state index >= 15 is 0 Å². The average Bonchev–Trinajstić information content (AvgIpc) is 2.42. The Hall–Kier alpha value is -1.29. The highest BCUT2D eigenvalue weighted by molar-refractivity contribution is 6.30. The molecule has 0 spiro atoms. The average molecular weight is 272 g/mol. The Balaban J connectivity index is 2.71. The van der Waals surface area contributed by atoms with Crippen LogP contribution < -0.4 is 0 Å². The molecule has 0 bridgehead atoms. The summed E-state index contributed by atoms with van der Waals surface area (Å²) in [6, 6.07) is -0.00511. The number of Topliss-reactive ketones (excluding diaryl/α,β-unsaturated/α-hetero) is 1. The first-order chi connectivity index (χ1) is 8.63. The minimum Gasteiger partial charge on any atom is -0.445 e. The van der Waals surface area contributed by atoms with Crippen LogP contribution in [0.2, 0.25) is 0 Å². The van der Waals surface area contributed by atoms with Crippen molar-refractivity contribution < 1.29 is 14.3 Å². The van der Waals surface area contributed by atoms with Gasteiger partial charge >= 0.3 is 6.09 Å². The molecule has 4 nitrogen and oxygen atoms in total. The molecule has 0 aromatic heterocycles. The van der Waals surface area contributed by atoms with Crippen LogP contribution in [0.4, 0.5) is 4.79 Å². The van der Waals surface area contributed by atoms with Crippen LogP contribution in [0.15, 0.2) is 24.3 Å². The molecule has 0 saturated heterocycles. The van der Waals surface area contributed by atoms with Gasteiger partial charge in [0.05, 0.1) is 5.88 Å². The molecule has 1 atom stereocenters. The summed E-state index contributed by atoms with van der Waals surface area (Å²) in [5.41, 5.74) is 0.713. The zero-order chi connectivity index (χ0) is 13.5. The predicted octanol–water partition coefficient (Wildman–Crippen LogP) is 2.53. The van der Waals surface area contributed by atoms with Crippen molar-refractivity contribution >= 4 is 23.5 Å². The Morgan fingerprint density at radius 2 is 2.39 bits per heavy atom. The predicted molar refractivity (Wildman–Crippen MR) is 70.8 cm³/mol. The Bertz CT molecular complexity index is 365. The molecule has 1 heterocycles. The van der Waals surface area contributed by atoms with E-state index in [0.29, 0.717) is 18.5 Å². The van der Waals surface area contributed by atoms with Crippen LogP contribution in [0.25, 0.3) is 0 Å².